The minimum absolute atomic E-state index is 0.0110. The molecule has 0 saturated carbocycles. The second kappa shape index (κ2) is 9.17. The molecule has 0 bridgehead atoms. The number of nitrogens with zero attached hydrogens (tertiary/aromatic N) is 1. The van der Waals surface area contributed by atoms with Gasteiger partial charge in [0, 0.05) is 11.3 Å². The van der Waals surface area contributed by atoms with E-state index in [0.717, 1.165) is 22.5 Å². The second-order valence-corrected chi connectivity index (χ2v) is 11.9. The molecule has 1 aromatic carbocycles. The van der Waals surface area contributed by atoms with Gasteiger partial charge in [-0.1, -0.05) is 39.3 Å². The summed E-state index contributed by atoms with van der Waals surface area (Å²) in [4.78, 5) is 12.7. The Morgan fingerprint density at radius 3 is 2.06 bits per heavy atom. The molecule has 0 unspecified atom stereocenters. The van der Waals surface area contributed by atoms with Crippen LogP contribution >= 0.6 is 22.9 Å². The molecule has 0 spiro atoms. The number of nitrogens with one attached hydrogen (secondary N) is 2. The summed E-state index contributed by atoms with van der Waals surface area (Å²) in [5.74, 6) is -0.0219. The summed E-state index contributed by atoms with van der Waals surface area (Å²) in [5, 5.41) is 22.1. The Balaban J connectivity index is 2.39. The number of nitriles is 1. The predicted molar refractivity (Wildman–Crippen MR) is 123 cm³/mol. The number of amides is 2. The molecule has 0 atom stereocenters. The third kappa shape index (κ3) is 5.77. The first-order valence-corrected chi connectivity index (χ1v) is 12.3. The number of aliphatic hydroxyl groups is 1. The van der Waals surface area contributed by atoms with Gasteiger partial charge in [-0.2, -0.15) is 5.26 Å². The molecule has 0 aliphatic carbocycles. The number of sulfonamides is 1. The monoisotopic (exact) mass is 483 g/mol. The van der Waals surface area contributed by atoms with E-state index in [4.69, 9.17) is 11.6 Å². The van der Waals surface area contributed by atoms with E-state index >= 15 is 0 Å². The second-order valence-electron chi connectivity index (χ2n) is 8.32. The van der Waals surface area contributed by atoms with Crippen LogP contribution in [0.5, 0.6) is 0 Å². The largest absolute Gasteiger partial charge is 0.386 e. The summed E-state index contributed by atoms with van der Waals surface area (Å²) in [6.45, 7) is 10.7. The Bertz CT molecular complexity index is 1110. The molecule has 2 rings (SSSR count). The van der Waals surface area contributed by atoms with Crippen LogP contribution in [0.15, 0.2) is 22.4 Å². The maximum absolute atomic E-state index is 12.7. The molecule has 7 nitrogen and oxygen atoms in total. The fraction of sp³-hybridized carbons (Fsp3) is 0.429. The molecule has 2 aromatic rings. The summed E-state index contributed by atoms with van der Waals surface area (Å²) in [6.07, 6.45) is 0. The molecule has 10 heteroatoms. The minimum atomic E-state index is -4.21. The maximum Gasteiger partial charge on any atom is 0.333 e. The van der Waals surface area contributed by atoms with Crippen molar-refractivity contribution in [2.45, 2.75) is 63.2 Å². The lowest BCUT2D eigenvalue weighted by Crippen LogP contribution is -2.34. The van der Waals surface area contributed by atoms with Gasteiger partial charge >= 0.3 is 6.03 Å². The molecule has 2 amide bonds. The van der Waals surface area contributed by atoms with E-state index in [2.05, 4.69) is 11.4 Å². The van der Waals surface area contributed by atoms with Gasteiger partial charge < -0.3 is 10.4 Å². The number of thiophene rings is 1. The molecule has 0 saturated heterocycles. The normalized spacial score (nSPS) is 12.2. The number of hydrogen-bond acceptors (Lipinski definition) is 6. The fourth-order valence-corrected chi connectivity index (χ4v) is 5.94. The van der Waals surface area contributed by atoms with Crippen LogP contribution in [0.25, 0.3) is 0 Å². The highest BCUT2D eigenvalue weighted by atomic mass is 35.5. The van der Waals surface area contributed by atoms with Crippen molar-refractivity contribution in [3.8, 4) is 6.07 Å². The zero-order valence-corrected chi connectivity index (χ0v) is 20.6. The van der Waals surface area contributed by atoms with Crippen molar-refractivity contribution < 1.29 is 18.3 Å². The number of hydrogen-bond donors (Lipinski definition) is 3. The highest BCUT2D eigenvalue weighted by Gasteiger charge is 2.28. The number of urea groups is 1. The van der Waals surface area contributed by atoms with Crippen molar-refractivity contribution >= 4 is 44.7 Å². The zero-order valence-electron chi connectivity index (χ0n) is 18.2. The summed E-state index contributed by atoms with van der Waals surface area (Å²) >= 11 is 6.84. The summed E-state index contributed by atoms with van der Waals surface area (Å²) in [6, 6.07) is 5.83. The number of halogens is 1. The first-order chi connectivity index (χ1) is 14.2. The first kappa shape index (κ1) is 25.1. The minimum Gasteiger partial charge on any atom is -0.386 e. The van der Waals surface area contributed by atoms with E-state index in [9.17, 15) is 23.6 Å². The van der Waals surface area contributed by atoms with Crippen molar-refractivity contribution in [2.24, 2.45) is 0 Å². The SMILES string of the molecule is CC(C)c1cc(C#N)cc(C(C)C)c1NC(=O)NS(=O)(=O)c1cc(C(C)(C)O)c(Cl)s1. The average Bonchev–Trinajstić information content (AvgIpc) is 3.04. The van der Waals surface area contributed by atoms with Gasteiger partial charge in [0.15, 0.2) is 0 Å². The number of benzene rings is 1. The molecule has 31 heavy (non-hydrogen) atoms. The van der Waals surface area contributed by atoms with Gasteiger partial charge in [0.05, 0.1) is 17.2 Å². The van der Waals surface area contributed by atoms with Crippen LogP contribution in [0.3, 0.4) is 0 Å². The number of carbonyl (C=O) groups excluding carboxylic acids is 1. The molecular formula is C21H26ClN3O4S2. The van der Waals surface area contributed by atoms with Crippen LogP contribution in [0.1, 0.15) is 75.6 Å². The Labute approximate surface area is 192 Å². The molecule has 0 aliphatic rings. The van der Waals surface area contributed by atoms with E-state index in [1.165, 1.54) is 19.9 Å². The van der Waals surface area contributed by atoms with Gasteiger partial charge in [0.2, 0.25) is 0 Å². The number of carbonyl (C=O) groups is 1. The fourth-order valence-electron chi connectivity index (χ4n) is 3.02. The molecule has 0 aliphatic heterocycles. The van der Waals surface area contributed by atoms with Gasteiger partial charge in [0.1, 0.15) is 8.55 Å². The lowest BCUT2D eigenvalue weighted by Gasteiger charge is -2.21. The first-order valence-electron chi connectivity index (χ1n) is 9.61. The van der Waals surface area contributed by atoms with Crippen LogP contribution in [-0.2, 0) is 15.6 Å². The van der Waals surface area contributed by atoms with Gasteiger partial charge in [-0.15, -0.1) is 11.3 Å². The van der Waals surface area contributed by atoms with E-state index < -0.39 is 21.7 Å². The molecule has 1 heterocycles. The molecule has 0 radical (unpaired) electrons. The van der Waals surface area contributed by atoms with Gasteiger partial charge in [0.25, 0.3) is 10.0 Å². The zero-order chi connectivity index (χ0) is 23.7. The quantitative estimate of drug-likeness (QED) is 0.517. The van der Waals surface area contributed by atoms with Crippen LogP contribution in [0.4, 0.5) is 10.5 Å². The highest BCUT2D eigenvalue weighted by Crippen LogP contribution is 2.37. The third-order valence-corrected chi connectivity index (χ3v) is 7.79. The average molecular weight is 484 g/mol. The van der Waals surface area contributed by atoms with Crippen molar-refractivity contribution in [2.75, 3.05) is 5.32 Å². The van der Waals surface area contributed by atoms with Crippen molar-refractivity contribution in [1.29, 1.82) is 5.26 Å². The summed E-state index contributed by atoms with van der Waals surface area (Å²) in [7, 11) is -4.21. The third-order valence-electron chi connectivity index (χ3n) is 4.63. The molecule has 1 aromatic heterocycles. The predicted octanol–water partition coefficient (Wildman–Crippen LogP) is 5.26. The Morgan fingerprint density at radius 1 is 1.16 bits per heavy atom. The standard InChI is InChI=1S/C21H26ClN3O4S2/c1-11(2)14-7-13(10-23)8-15(12(3)4)18(14)24-20(26)25-31(28,29)17-9-16(19(22)30-17)21(5,6)27/h7-9,11-12,27H,1-6H3,(H2,24,25,26). The topological polar surface area (TPSA) is 119 Å². The molecular weight excluding hydrogens is 458 g/mol. The molecule has 0 fully saturated rings. The number of rotatable bonds is 6. The Hall–Kier alpha value is -2.12. The lowest BCUT2D eigenvalue weighted by atomic mass is 9.90. The highest BCUT2D eigenvalue weighted by molar-refractivity contribution is 7.92. The maximum atomic E-state index is 12.7. The number of anilines is 1. The van der Waals surface area contributed by atoms with Crippen LogP contribution in [0.2, 0.25) is 4.34 Å². The van der Waals surface area contributed by atoms with Crippen LogP contribution in [-0.4, -0.2) is 19.6 Å². The van der Waals surface area contributed by atoms with Gasteiger partial charge in [-0.05, 0) is 55.0 Å². The van der Waals surface area contributed by atoms with E-state index in [1.807, 2.05) is 32.4 Å². The van der Waals surface area contributed by atoms with Gasteiger partial charge in [-0.3, -0.25) is 0 Å². The summed E-state index contributed by atoms with van der Waals surface area (Å²) < 4.78 is 27.4. The van der Waals surface area contributed by atoms with Crippen molar-refractivity contribution in [1.82, 2.24) is 4.72 Å². The Kier molecular flexibility index (Phi) is 7.43. The Morgan fingerprint density at radius 2 is 1.68 bits per heavy atom. The van der Waals surface area contributed by atoms with Crippen molar-refractivity contribution in [3.05, 3.63) is 44.8 Å². The smallest absolute Gasteiger partial charge is 0.333 e. The van der Waals surface area contributed by atoms with Crippen LogP contribution < -0.4 is 10.0 Å². The van der Waals surface area contributed by atoms with E-state index in [-0.39, 0.29) is 25.9 Å². The van der Waals surface area contributed by atoms with Crippen molar-refractivity contribution in [3.63, 3.8) is 0 Å². The van der Waals surface area contributed by atoms with Gasteiger partial charge in [-0.25, -0.2) is 17.9 Å². The summed E-state index contributed by atoms with van der Waals surface area (Å²) in [5.41, 5.74) is 1.36. The van der Waals surface area contributed by atoms with E-state index in [0.29, 0.717) is 11.3 Å². The van der Waals surface area contributed by atoms with E-state index in [1.54, 1.807) is 12.1 Å². The molecule has 168 valence electrons. The lowest BCUT2D eigenvalue weighted by molar-refractivity contribution is 0.0790. The van der Waals surface area contributed by atoms with Crippen LogP contribution in [0, 0.1) is 11.3 Å². The molecule has 3 N–H and O–H groups in total.